The summed E-state index contributed by atoms with van der Waals surface area (Å²) in [4.78, 5) is 71.7. The van der Waals surface area contributed by atoms with E-state index in [9.17, 15) is 33.9 Å². The van der Waals surface area contributed by atoms with Crippen LogP contribution in [-0.4, -0.2) is 135 Å². The van der Waals surface area contributed by atoms with E-state index in [1.807, 2.05) is 0 Å². The Bertz CT molecular complexity index is 826. The largest absolute Gasteiger partial charge is 0.462 e. The number of rotatable bonds is 22. The van der Waals surface area contributed by atoms with Crippen LogP contribution in [0.2, 0.25) is 0 Å². The van der Waals surface area contributed by atoms with Gasteiger partial charge in [0, 0.05) is 31.8 Å². The fourth-order valence-corrected chi connectivity index (χ4v) is 2.54. The van der Waals surface area contributed by atoms with Crippen molar-refractivity contribution in [1.29, 1.82) is 0 Å². The van der Waals surface area contributed by atoms with Gasteiger partial charge in [0.1, 0.15) is 19.8 Å². The molecule has 0 aliphatic carbocycles. The predicted octanol–water partition coefficient (Wildman–Crippen LogP) is -2.73. The molecule has 0 bridgehead atoms. The van der Waals surface area contributed by atoms with Crippen molar-refractivity contribution in [2.45, 2.75) is 6.42 Å². The first kappa shape index (κ1) is 36.1. The third-order valence-corrected chi connectivity index (χ3v) is 4.77. The molecule has 0 spiro atoms. The second-order valence-electron chi connectivity index (χ2n) is 7.96. The van der Waals surface area contributed by atoms with Gasteiger partial charge < -0.3 is 43.7 Å². The summed E-state index contributed by atoms with van der Waals surface area (Å²) in [6, 6.07) is 0. The van der Waals surface area contributed by atoms with Gasteiger partial charge in [0.15, 0.2) is 19.8 Å². The zero-order valence-electron chi connectivity index (χ0n) is 21.9. The summed E-state index contributed by atoms with van der Waals surface area (Å²) in [5, 5.41) is 27.9. The Morgan fingerprint density at radius 1 is 0.600 bits per heavy atom. The van der Waals surface area contributed by atoms with Crippen molar-refractivity contribution in [3.63, 3.8) is 0 Å². The number of aliphatic hydroxyl groups excluding tert-OH is 3. The molecule has 0 amide bonds. The van der Waals surface area contributed by atoms with E-state index in [4.69, 9.17) is 29.2 Å². The lowest BCUT2D eigenvalue weighted by Crippen LogP contribution is -2.43. The van der Waals surface area contributed by atoms with Crippen LogP contribution in [0.4, 0.5) is 0 Å². The molecule has 0 rings (SSSR count). The summed E-state index contributed by atoms with van der Waals surface area (Å²) in [6.45, 7) is 1.29. The summed E-state index contributed by atoms with van der Waals surface area (Å²) in [6.07, 6.45) is 1.49. The summed E-state index contributed by atoms with van der Waals surface area (Å²) in [5.41, 5.74) is -1.70. The van der Waals surface area contributed by atoms with Gasteiger partial charge in [0.25, 0.3) is 0 Å². The Morgan fingerprint density at radius 3 is 1.35 bits per heavy atom. The maximum atomic E-state index is 12.1. The van der Waals surface area contributed by atoms with Gasteiger partial charge in [-0.1, -0.05) is 13.2 Å². The molecule has 0 aliphatic heterocycles. The number of ether oxygens (including phenoxy) is 6. The summed E-state index contributed by atoms with van der Waals surface area (Å²) >= 11 is 0. The first-order valence-corrected chi connectivity index (χ1v) is 11.8. The molecule has 0 aromatic rings. The lowest BCUT2D eigenvalue weighted by atomic mass is 9.92. The first-order valence-electron chi connectivity index (χ1n) is 11.8. The SMILES string of the molecule is C=CC(=O)OCC(=O)OCC(CO)(COC(=O)COC(=O)C=C)COC(=O)COC(=O)CCN(CCO)CCO. The van der Waals surface area contributed by atoms with Crippen LogP contribution in [0.25, 0.3) is 0 Å². The van der Waals surface area contributed by atoms with Crippen molar-refractivity contribution in [3.05, 3.63) is 25.3 Å². The van der Waals surface area contributed by atoms with Gasteiger partial charge in [-0.2, -0.15) is 0 Å². The standard InChI is InChI=1S/C24H35NO15/c1-3-18(29)35-11-21(32)38-15-24(14-28,16-39-22(33)12-36-19(30)4-2)17-40-23(34)13-37-20(31)5-6-25(7-9-26)8-10-27/h3-4,26-28H,1-2,5-17H2. The molecule has 226 valence electrons. The summed E-state index contributed by atoms with van der Waals surface area (Å²) in [7, 11) is 0. The van der Waals surface area contributed by atoms with Gasteiger partial charge in [0.2, 0.25) is 0 Å². The number of carbonyl (C=O) groups is 6. The first-order chi connectivity index (χ1) is 19.0. The molecule has 0 unspecified atom stereocenters. The predicted molar refractivity (Wildman–Crippen MR) is 131 cm³/mol. The molecule has 0 aliphatic rings. The third kappa shape index (κ3) is 16.9. The van der Waals surface area contributed by atoms with E-state index in [2.05, 4.69) is 22.6 Å². The maximum absolute atomic E-state index is 12.1. The van der Waals surface area contributed by atoms with E-state index in [0.29, 0.717) is 0 Å². The second-order valence-corrected chi connectivity index (χ2v) is 7.96. The average molecular weight is 578 g/mol. The summed E-state index contributed by atoms with van der Waals surface area (Å²) in [5.74, 6) is -5.70. The zero-order chi connectivity index (χ0) is 30.4. The molecule has 3 N–H and O–H groups in total. The van der Waals surface area contributed by atoms with Crippen LogP contribution < -0.4 is 0 Å². The van der Waals surface area contributed by atoms with Crippen LogP contribution in [-0.2, 0) is 57.2 Å². The van der Waals surface area contributed by atoms with Gasteiger partial charge in [-0.15, -0.1) is 0 Å². The highest BCUT2D eigenvalue weighted by Crippen LogP contribution is 2.20. The number of hydrogen-bond donors (Lipinski definition) is 3. The van der Waals surface area contributed by atoms with Crippen LogP contribution in [0.1, 0.15) is 6.42 Å². The minimum absolute atomic E-state index is 0.146. The Morgan fingerprint density at radius 2 is 1.00 bits per heavy atom. The highest BCUT2D eigenvalue weighted by molar-refractivity contribution is 5.84. The smallest absolute Gasteiger partial charge is 0.344 e. The Balaban J connectivity index is 5.05. The molecule has 40 heavy (non-hydrogen) atoms. The number of hydrogen-bond acceptors (Lipinski definition) is 16. The van der Waals surface area contributed by atoms with Crippen molar-refractivity contribution >= 4 is 35.8 Å². The topological polar surface area (TPSA) is 222 Å². The number of nitrogens with zero attached hydrogens (tertiary/aromatic N) is 1. The molecule has 0 heterocycles. The maximum Gasteiger partial charge on any atom is 0.344 e. The highest BCUT2D eigenvalue weighted by atomic mass is 16.6. The third-order valence-electron chi connectivity index (χ3n) is 4.77. The van der Waals surface area contributed by atoms with E-state index in [-0.39, 0.29) is 39.3 Å². The van der Waals surface area contributed by atoms with Gasteiger partial charge in [-0.05, 0) is 0 Å². The van der Waals surface area contributed by atoms with Crippen molar-refractivity contribution in [2.75, 3.05) is 79.1 Å². The molecule has 0 saturated carbocycles. The zero-order valence-corrected chi connectivity index (χ0v) is 21.9. The quantitative estimate of drug-likeness (QED) is 0.0675. The van der Waals surface area contributed by atoms with Crippen molar-refractivity contribution < 1.29 is 72.5 Å². The van der Waals surface area contributed by atoms with Crippen molar-refractivity contribution in [1.82, 2.24) is 4.90 Å². The highest BCUT2D eigenvalue weighted by Gasteiger charge is 2.36. The van der Waals surface area contributed by atoms with Crippen LogP contribution in [0.15, 0.2) is 25.3 Å². The van der Waals surface area contributed by atoms with E-state index >= 15 is 0 Å². The van der Waals surface area contributed by atoms with Crippen LogP contribution in [0.5, 0.6) is 0 Å². The lowest BCUT2D eigenvalue weighted by Gasteiger charge is -2.30. The minimum atomic E-state index is -1.70. The Hall–Kier alpha value is -3.86. The molecule has 0 atom stereocenters. The van der Waals surface area contributed by atoms with E-state index in [0.717, 1.165) is 12.2 Å². The van der Waals surface area contributed by atoms with Gasteiger partial charge in [-0.3, -0.25) is 9.69 Å². The molecule has 16 nitrogen and oxygen atoms in total. The number of carbonyl (C=O) groups excluding carboxylic acids is 6. The van der Waals surface area contributed by atoms with E-state index in [1.54, 1.807) is 4.90 Å². The molecular weight excluding hydrogens is 542 g/mol. The minimum Gasteiger partial charge on any atom is -0.462 e. The fraction of sp³-hybridized carbons (Fsp3) is 0.583. The molecular formula is C24H35NO15. The van der Waals surface area contributed by atoms with Crippen LogP contribution >= 0.6 is 0 Å². The monoisotopic (exact) mass is 577 g/mol. The molecule has 0 aromatic heterocycles. The Labute approximate surface area is 230 Å². The average Bonchev–Trinajstić information content (AvgIpc) is 2.96. The van der Waals surface area contributed by atoms with E-state index < -0.39 is 87.5 Å². The van der Waals surface area contributed by atoms with Crippen LogP contribution in [0, 0.1) is 5.41 Å². The second kappa shape index (κ2) is 21.0. The molecule has 0 aromatic carbocycles. The molecule has 0 fully saturated rings. The van der Waals surface area contributed by atoms with Gasteiger partial charge in [-0.25, -0.2) is 24.0 Å². The van der Waals surface area contributed by atoms with E-state index in [1.165, 1.54) is 0 Å². The van der Waals surface area contributed by atoms with Crippen molar-refractivity contribution in [2.24, 2.45) is 5.41 Å². The molecule has 0 saturated heterocycles. The normalized spacial score (nSPS) is 10.7. The molecule has 0 radical (unpaired) electrons. The fourth-order valence-electron chi connectivity index (χ4n) is 2.54. The lowest BCUT2D eigenvalue weighted by molar-refractivity contribution is -0.174. The summed E-state index contributed by atoms with van der Waals surface area (Å²) < 4.78 is 28.8. The van der Waals surface area contributed by atoms with Crippen molar-refractivity contribution in [3.8, 4) is 0 Å². The van der Waals surface area contributed by atoms with Gasteiger partial charge in [0.05, 0.1) is 31.7 Å². The number of esters is 6. The Kier molecular flexibility index (Phi) is 19.0. The molecule has 16 heteroatoms. The number of aliphatic hydroxyl groups is 3. The van der Waals surface area contributed by atoms with Gasteiger partial charge >= 0.3 is 35.8 Å². The van der Waals surface area contributed by atoms with Crippen LogP contribution in [0.3, 0.4) is 0 Å².